The van der Waals surface area contributed by atoms with Gasteiger partial charge in [0.25, 0.3) is 11.5 Å². The zero-order valence-corrected chi connectivity index (χ0v) is 17.9. The van der Waals surface area contributed by atoms with Gasteiger partial charge in [-0.2, -0.15) is 0 Å². The number of fused-ring (bicyclic) bond motifs is 3. The number of amides is 1. The minimum Gasteiger partial charge on any atom is -0.506 e. The van der Waals surface area contributed by atoms with Crippen LogP contribution in [0.4, 0.5) is 0 Å². The molecule has 2 unspecified atom stereocenters. The Labute approximate surface area is 181 Å². The van der Waals surface area contributed by atoms with E-state index in [1.807, 2.05) is 0 Å². The molecule has 3 fully saturated rings. The number of morpholine rings is 1. The molecule has 2 aromatic rings. The molecule has 166 valence electrons. The van der Waals surface area contributed by atoms with Crippen molar-refractivity contribution in [1.29, 1.82) is 0 Å². The maximum absolute atomic E-state index is 13.4. The van der Waals surface area contributed by atoms with Gasteiger partial charge in [-0.15, -0.1) is 0 Å². The zero-order valence-electron chi connectivity index (χ0n) is 17.9. The molecule has 2 atom stereocenters. The van der Waals surface area contributed by atoms with Crippen molar-refractivity contribution in [3.63, 3.8) is 0 Å². The first-order valence-electron chi connectivity index (χ1n) is 11.4. The van der Waals surface area contributed by atoms with Crippen LogP contribution in [-0.2, 0) is 11.3 Å². The van der Waals surface area contributed by atoms with Crippen LogP contribution in [-0.4, -0.2) is 63.3 Å². The number of carbonyl (C=O) groups is 1. The largest absolute Gasteiger partial charge is 0.506 e. The van der Waals surface area contributed by atoms with E-state index in [4.69, 9.17) is 4.74 Å². The predicted molar refractivity (Wildman–Crippen MR) is 116 cm³/mol. The molecule has 1 saturated carbocycles. The number of rotatable bonds is 5. The Morgan fingerprint density at radius 2 is 1.97 bits per heavy atom. The number of aromatic hydroxyl groups is 1. The number of hydrogen-bond donors (Lipinski definition) is 2. The van der Waals surface area contributed by atoms with Gasteiger partial charge in [-0.25, -0.2) is 4.98 Å². The maximum atomic E-state index is 13.4. The highest BCUT2D eigenvalue weighted by Gasteiger charge is 2.41. The van der Waals surface area contributed by atoms with Crippen LogP contribution < -0.4 is 10.9 Å². The summed E-state index contributed by atoms with van der Waals surface area (Å²) < 4.78 is 7.09. The van der Waals surface area contributed by atoms with Crippen LogP contribution in [0, 0.1) is 5.92 Å². The molecule has 2 saturated heterocycles. The van der Waals surface area contributed by atoms with E-state index in [9.17, 15) is 14.7 Å². The Kier molecular flexibility index (Phi) is 5.44. The third-order valence-electron chi connectivity index (χ3n) is 7.26. The number of aromatic nitrogens is 2. The number of ether oxygens (including phenoxy) is 1. The van der Waals surface area contributed by atoms with Gasteiger partial charge in [0, 0.05) is 37.4 Å². The molecule has 0 radical (unpaired) electrons. The van der Waals surface area contributed by atoms with Crippen molar-refractivity contribution in [3.8, 4) is 5.75 Å². The molecule has 2 aliphatic heterocycles. The number of pyridine rings is 2. The summed E-state index contributed by atoms with van der Waals surface area (Å²) in [5, 5.41) is 14.2. The van der Waals surface area contributed by atoms with Crippen LogP contribution in [0.3, 0.4) is 0 Å². The molecular formula is C23H30N4O4. The summed E-state index contributed by atoms with van der Waals surface area (Å²) in [4.78, 5) is 33.1. The average molecular weight is 427 g/mol. The zero-order chi connectivity index (χ0) is 21.5. The highest BCUT2D eigenvalue weighted by atomic mass is 16.5. The lowest BCUT2D eigenvalue weighted by molar-refractivity contribution is -0.127. The molecule has 1 amide bonds. The second-order valence-electron chi connectivity index (χ2n) is 9.30. The lowest BCUT2D eigenvalue weighted by Crippen LogP contribution is -2.64. The molecule has 8 heteroatoms. The van der Waals surface area contributed by atoms with Crippen LogP contribution in [0.1, 0.15) is 49.4 Å². The van der Waals surface area contributed by atoms with Gasteiger partial charge in [0.15, 0.2) is 0 Å². The molecule has 0 spiro atoms. The molecule has 1 aliphatic carbocycles. The number of nitrogens with zero attached hydrogens (tertiary/aromatic N) is 3. The van der Waals surface area contributed by atoms with Gasteiger partial charge >= 0.3 is 0 Å². The highest BCUT2D eigenvalue weighted by molar-refractivity contribution is 6.01. The van der Waals surface area contributed by atoms with Crippen molar-refractivity contribution in [1.82, 2.24) is 19.8 Å². The van der Waals surface area contributed by atoms with Crippen LogP contribution in [0.5, 0.6) is 5.75 Å². The molecule has 2 aromatic heterocycles. The first kappa shape index (κ1) is 20.5. The third-order valence-corrected chi connectivity index (χ3v) is 7.26. The van der Waals surface area contributed by atoms with E-state index in [0.717, 1.165) is 45.3 Å². The van der Waals surface area contributed by atoms with Gasteiger partial charge in [-0.1, -0.05) is 6.92 Å². The molecule has 0 aromatic carbocycles. The van der Waals surface area contributed by atoms with Crippen molar-refractivity contribution in [3.05, 3.63) is 34.2 Å². The second-order valence-corrected chi connectivity index (χ2v) is 9.30. The fourth-order valence-electron chi connectivity index (χ4n) is 5.33. The van der Waals surface area contributed by atoms with Crippen molar-refractivity contribution in [2.24, 2.45) is 5.92 Å². The third kappa shape index (κ3) is 3.72. The van der Waals surface area contributed by atoms with E-state index in [1.54, 1.807) is 22.9 Å². The Bertz CT molecular complexity index is 1030. The van der Waals surface area contributed by atoms with E-state index in [0.29, 0.717) is 42.1 Å². The molecule has 31 heavy (non-hydrogen) atoms. The second kappa shape index (κ2) is 8.24. The standard InChI is InChI=1S/C23H30N4O4/c1-14-4-6-15(7-5-14)25-22(29)19-20(28)18-3-2-8-24-21(18)27(23(19)30)10-9-26-16-11-17(26)13-31-12-16/h2-3,8,14-17,28H,4-7,9-13H2,1H3,(H,25,29)/t14-,15+,16?,17?. The van der Waals surface area contributed by atoms with Crippen molar-refractivity contribution in [2.45, 2.75) is 63.7 Å². The van der Waals surface area contributed by atoms with E-state index in [2.05, 4.69) is 22.1 Å². The molecule has 2 bridgehead atoms. The van der Waals surface area contributed by atoms with Gasteiger partial charge < -0.3 is 15.2 Å². The predicted octanol–water partition coefficient (Wildman–Crippen LogP) is 1.88. The van der Waals surface area contributed by atoms with Crippen LogP contribution in [0.25, 0.3) is 11.0 Å². The summed E-state index contributed by atoms with van der Waals surface area (Å²) in [5.41, 5.74) is -0.242. The molecule has 3 aliphatic rings. The smallest absolute Gasteiger partial charge is 0.268 e. The van der Waals surface area contributed by atoms with Gasteiger partial charge in [0.2, 0.25) is 0 Å². The quantitative estimate of drug-likeness (QED) is 0.758. The van der Waals surface area contributed by atoms with E-state index >= 15 is 0 Å². The van der Waals surface area contributed by atoms with E-state index in [1.165, 1.54) is 0 Å². The minimum absolute atomic E-state index is 0.0426. The Morgan fingerprint density at radius 3 is 2.68 bits per heavy atom. The fraction of sp³-hybridized carbons (Fsp3) is 0.609. The number of nitrogens with one attached hydrogen (secondary N) is 1. The van der Waals surface area contributed by atoms with Gasteiger partial charge in [-0.05, 0) is 50.2 Å². The Morgan fingerprint density at radius 1 is 1.23 bits per heavy atom. The summed E-state index contributed by atoms with van der Waals surface area (Å²) >= 11 is 0. The summed E-state index contributed by atoms with van der Waals surface area (Å²) in [6.45, 7) is 4.79. The molecule has 4 heterocycles. The van der Waals surface area contributed by atoms with E-state index < -0.39 is 11.5 Å². The topological polar surface area (TPSA) is 96.7 Å². The van der Waals surface area contributed by atoms with Crippen LogP contribution >= 0.6 is 0 Å². The van der Waals surface area contributed by atoms with E-state index in [-0.39, 0.29) is 17.4 Å². The van der Waals surface area contributed by atoms with Gasteiger partial charge in [0.05, 0.1) is 18.6 Å². The van der Waals surface area contributed by atoms with Crippen molar-refractivity contribution >= 4 is 16.9 Å². The van der Waals surface area contributed by atoms with Crippen LogP contribution in [0.15, 0.2) is 23.1 Å². The summed E-state index contributed by atoms with van der Waals surface area (Å²) in [6, 6.07) is 4.27. The Balaban J connectivity index is 1.44. The first-order valence-corrected chi connectivity index (χ1v) is 11.4. The number of hydrogen-bond acceptors (Lipinski definition) is 6. The van der Waals surface area contributed by atoms with Crippen molar-refractivity contribution < 1.29 is 14.6 Å². The van der Waals surface area contributed by atoms with Crippen LogP contribution in [0.2, 0.25) is 0 Å². The normalized spacial score (nSPS) is 28.3. The summed E-state index contributed by atoms with van der Waals surface area (Å²) in [6.07, 6.45) is 6.66. The SMILES string of the molecule is C[C@H]1CC[C@@H](NC(=O)c2c(O)c3cccnc3n(CCN3C4COCC3C4)c2=O)CC1. The lowest BCUT2D eigenvalue weighted by atomic mass is 9.87. The first-order chi connectivity index (χ1) is 15.0. The molecule has 8 nitrogen and oxygen atoms in total. The summed E-state index contributed by atoms with van der Waals surface area (Å²) in [7, 11) is 0. The van der Waals surface area contributed by atoms with Crippen molar-refractivity contribution in [2.75, 3.05) is 19.8 Å². The Hall–Kier alpha value is -2.45. The average Bonchev–Trinajstić information content (AvgIpc) is 2.78. The molecular weight excluding hydrogens is 396 g/mol. The summed E-state index contributed by atoms with van der Waals surface area (Å²) in [5.74, 6) is -0.104. The number of carbonyl (C=O) groups excluding carboxylic acids is 1. The molecule has 2 N–H and O–H groups in total. The monoisotopic (exact) mass is 426 g/mol. The lowest BCUT2D eigenvalue weighted by Gasteiger charge is -2.52. The minimum atomic E-state index is -0.490. The highest BCUT2D eigenvalue weighted by Crippen LogP contribution is 2.31. The van der Waals surface area contributed by atoms with Gasteiger partial charge in [0.1, 0.15) is 17.0 Å². The maximum Gasteiger partial charge on any atom is 0.268 e. The molecule has 5 rings (SSSR count). The van der Waals surface area contributed by atoms with Gasteiger partial charge in [-0.3, -0.25) is 19.1 Å². The fourth-order valence-corrected chi connectivity index (χ4v) is 5.33.